The molecule has 164 valence electrons. The second-order valence-corrected chi connectivity index (χ2v) is 8.71. The number of halogens is 3. The number of thiophene rings is 1. The van der Waals surface area contributed by atoms with Gasteiger partial charge in [0.2, 0.25) is 0 Å². The standard InChI is InChI=1S/C20H32F3N5S/c1-2-24-19(28-13-11-27(12-14-28)18-4-3-15-29-18)25-8-5-17-6-9-26(10-7-17)16-20(21,22)23/h3-4,15,17H,2,5-14,16H2,1H3,(H,24,25). The molecule has 0 atom stereocenters. The summed E-state index contributed by atoms with van der Waals surface area (Å²) in [5.74, 6) is 1.44. The van der Waals surface area contributed by atoms with E-state index in [-0.39, 0.29) is 0 Å². The van der Waals surface area contributed by atoms with Crippen molar-refractivity contribution in [2.24, 2.45) is 10.9 Å². The van der Waals surface area contributed by atoms with Crippen LogP contribution in [0.3, 0.4) is 0 Å². The number of hydrogen-bond donors (Lipinski definition) is 1. The van der Waals surface area contributed by atoms with Crippen LogP contribution in [0.5, 0.6) is 0 Å². The van der Waals surface area contributed by atoms with Crippen molar-refractivity contribution in [3.8, 4) is 0 Å². The Hall–Kier alpha value is -1.48. The monoisotopic (exact) mass is 431 g/mol. The Labute approximate surface area is 175 Å². The number of rotatable bonds is 6. The predicted octanol–water partition coefficient (Wildman–Crippen LogP) is 3.50. The molecule has 3 rings (SSSR count). The van der Waals surface area contributed by atoms with Crippen molar-refractivity contribution in [2.45, 2.75) is 32.4 Å². The number of likely N-dealkylation sites (tertiary alicyclic amines) is 1. The van der Waals surface area contributed by atoms with Gasteiger partial charge < -0.3 is 15.1 Å². The van der Waals surface area contributed by atoms with Gasteiger partial charge in [0.15, 0.2) is 5.96 Å². The number of alkyl halides is 3. The summed E-state index contributed by atoms with van der Waals surface area (Å²) in [6, 6.07) is 4.26. The van der Waals surface area contributed by atoms with Crippen LogP contribution in [0.2, 0.25) is 0 Å². The number of piperazine rings is 1. The lowest BCUT2D eigenvalue weighted by atomic mass is 9.93. The van der Waals surface area contributed by atoms with Crippen LogP contribution in [0.15, 0.2) is 22.5 Å². The molecular formula is C20H32F3N5S. The number of anilines is 1. The SMILES string of the molecule is CCNC(=NCCC1CCN(CC(F)(F)F)CC1)N1CCN(c2cccs2)CC1. The van der Waals surface area contributed by atoms with Crippen LogP contribution in [0.1, 0.15) is 26.2 Å². The Morgan fingerprint density at radius 1 is 1.17 bits per heavy atom. The zero-order valence-corrected chi connectivity index (χ0v) is 17.9. The van der Waals surface area contributed by atoms with E-state index < -0.39 is 12.7 Å². The van der Waals surface area contributed by atoms with Crippen molar-refractivity contribution < 1.29 is 13.2 Å². The van der Waals surface area contributed by atoms with Gasteiger partial charge in [0.1, 0.15) is 0 Å². The summed E-state index contributed by atoms with van der Waals surface area (Å²) in [6.07, 6.45) is -1.47. The second kappa shape index (κ2) is 10.5. The molecule has 0 aliphatic carbocycles. The molecule has 29 heavy (non-hydrogen) atoms. The molecule has 0 unspecified atom stereocenters. The molecule has 1 aromatic rings. The summed E-state index contributed by atoms with van der Waals surface area (Å²) in [5.41, 5.74) is 0. The molecule has 0 aromatic carbocycles. The van der Waals surface area contributed by atoms with Crippen LogP contribution in [-0.4, -0.2) is 80.8 Å². The molecule has 2 aliphatic heterocycles. The normalized spacial score (nSPS) is 20.3. The third-order valence-corrected chi connectivity index (χ3v) is 6.57. The van der Waals surface area contributed by atoms with E-state index in [0.29, 0.717) is 19.0 Å². The maximum absolute atomic E-state index is 12.5. The van der Waals surface area contributed by atoms with Crippen molar-refractivity contribution in [1.82, 2.24) is 15.1 Å². The third-order valence-electron chi connectivity index (χ3n) is 5.64. The molecule has 9 heteroatoms. The fraction of sp³-hybridized carbons (Fsp3) is 0.750. The second-order valence-electron chi connectivity index (χ2n) is 7.78. The molecule has 1 N–H and O–H groups in total. The maximum atomic E-state index is 12.5. The minimum Gasteiger partial charge on any atom is -0.360 e. The fourth-order valence-electron chi connectivity index (χ4n) is 4.05. The van der Waals surface area contributed by atoms with Gasteiger partial charge in [0.25, 0.3) is 0 Å². The first-order valence-electron chi connectivity index (χ1n) is 10.6. The number of nitrogens with zero attached hydrogens (tertiary/aromatic N) is 4. The smallest absolute Gasteiger partial charge is 0.360 e. The van der Waals surface area contributed by atoms with E-state index in [0.717, 1.165) is 64.5 Å². The highest BCUT2D eigenvalue weighted by Gasteiger charge is 2.32. The molecule has 0 spiro atoms. The van der Waals surface area contributed by atoms with Crippen molar-refractivity contribution in [1.29, 1.82) is 0 Å². The van der Waals surface area contributed by atoms with Crippen LogP contribution < -0.4 is 10.2 Å². The lowest BCUT2D eigenvalue weighted by Crippen LogP contribution is -2.52. The highest BCUT2D eigenvalue weighted by atomic mass is 32.1. The maximum Gasteiger partial charge on any atom is 0.401 e. The molecule has 0 bridgehead atoms. The van der Waals surface area contributed by atoms with E-state index in [9.17, 15) is 13.2 Å². The van der Waals surface area contributed by atoms with Gasteiger partial charge >= 0.3 is 6.18 Å². The van der Waals surface area contributed by atoms with E-state index in [1.165, 1.54) is 9.90 Å². The minimum atomic E-state index is -4.09. The number of aliphatic imine (C=N–C) groups is 1. The van der Waals surface area contributed by atoms with Crippen molar-refractivity contribution in [3.63, 3.8) is 0 Å². The van der Waals surface area contributed by atoms with E-state index in [4.69, 9.17) is 4.99 Å². The summed E-state index contributed by atoms with van der Waals surface area (Å²) in [6.45, 7) is 7.81. The predicted molar refractivity (Wildman–Crippen MR) is 114 cm³/mol. The van der Waals surface area contributed by atoms with Gasteiger partial charge in [-0.25, -0.2) is 0 Å². The molecule has 1 aromatic heterocycles. The first kappa shape index (κ1) is 22.2. The average Bonchev–Trinajstić information content (AvgIpc) is 3.22. The van der Waals surface area contributed by atoms with Crippen LogP contribution >= 0.6 is 11.3 Å². The zero-order valence-electron chi connectivity index (χ0n) is 17.1. The van der Waals surface area contributed by atoms with Gasteiger partial charge in [0.05, 0.1) is 11.5 Å². The Balaban J connectivity index is 1.42. The Bertz CT molecular complexity index is 619. The summed E-state index contributed by atoms with van der Waals surface area (Å²) in [4.78, 5) is 11.1. The molecular weight excluding hydrogens is 399 g/mol. The molecule has 0 saturated carbocycles. The van der Waals surface area contributed by atoms with E-state index in [2.05, 4.69) is 39.6 Å². The van der Waals surface area contributed by atoms with Crippen LogP contribution in [-0.2, 0) is 0 Å². The summed E-state index contributed by atoms with van der Waals surface area (Å²) in [5, 5.41) is 6.83. The molecule has 5 nitrogen and oxygen atoms in total. The average molecular weight is 432 g/mol. The summed E-state index contributed by atoms with van der Waals surface area (Å²) in [7, 11) is 0. The van der Waals surface area contributed by atoms with Crippen LogP contribution in [0.25, 0.3) is 0 Å². The van der Waals surface area contributed by atoms with Gasteiger partial charge in [-0.15, -0.1) is 11.3 Å². The molecule has 2 aliphatic rings. The Morgan fingerprint density at radius 2 is 1.90 bits per heavy atom. The highest BCUT2D eigenvalue weighted by molar-refractivity contribution is 7.14. The topological polar surface area (TPSA) is 34.1 Å². The highest BCUT2D eigenvalue weighted by Crippen LogP contribution is 2.25. The lowest BCUT2D eigenvalue weighted by Gasteiger charge is -2.37. The molecule has 0 amide bonds. The molecule has 3 heterocycles. The number of guanidine groups is 1. The van der Waals surface area contributed by atoms with Crippen LogP contribution in [0, 0.1) is 5.92 Å². The van der Waals surface area contributed by atoms with Crippen molar-refractivity contribution >= 4 is 22.3 Å². The molecule has 0 radical (unpaired) electrons. The van der Waals surface area contributed by atoms with Gasteiger partial charge in [-0.1, -0.05) is 0 Å². The lowest BCUT2D eigenvalue weighted by molar-refractivity contribution is -0.148. The first-order chi connectivity index (χ1) is 13.9. The first-order valence-corrected chi connectivity index (χ1v) is 11.4. The number of hydrogen-bond acceptors (Lipinski definition) is 4. The third kappa shape index (κ3) is 7.06. The number of nitrogens with one attached hydrogen (secondary N) is 1. The minimum absolute atomic E-state index is 0.474. The number of piperidine rings is 1. The van der Waals surface area contributed by atoms with E-state index in [1.54, 1.807) is 11.3 Å². The van der Waals surface area contributed by atoms with Gasteiger partial charge in [-0.05, 0) is 62.7 Å². The van der Waals surface area contributed by atoms with Crippen LogP contribution in [0.4, 0.5) is 18.2 Å². The molecule has 2 fully saturated rings. The van der Waals surface area contributed by atoms with E-state index in [1.807, 2.05) is 0 Å². The largest absolute Gasteiger partial charge is 0.401 e. The van der Waals surface area contributed by atoms with Crippen molar-refractivity contribution in [3.05, 3.63) is 17.5 Å². The van der Waals surface area contributed by atoms with Gasteiger partial charge in [-0.2, -0.15) is 13.2 Å². The fourth-order valence-corrected chi connectivity index (χ4v) is 4.84. The van der Waals surface area contributed by atoms with E-state index >= 15 is 0 Å². The Kier molecular flexibility index (Phi) is 8.06. The van der Waals surface area contributed by atoms with Crippen molar-refractivity contribution in [2.75, 3.05) is 63.8 Å². The quantitative estimate of drug-likeness (QED) is 0.552. The molecule has 2 saturated heterocycles. The van der Waals surface area contributed by atoms with Gasteiger partial charge in [0, 0.05) is 39.3 Å². The summed E-state index contributed by atoms with van der Waals surface area (Å²) >= 11 is 1.78. The van der Waals surface area contributed by atoms with Gasteiger partial charge in [-0.3, -0.25) is 9.89 Å². The summed E-state index contributed by atoms with van der Waals surface area (Å²) < 4.78 is 37.5. The Morgan fingerprint density at radius 3 is 2.48 bits per heavy atom. The zero-order chi connectivity index (χ0) is 20.7.